The van der Waals surface area contributed by atoms with Gasteiger partial charge < -0.3 is 21.7 Å². The van der Waals surface area contributed by atoms with Gasteiger partial charge in [-0.3, -0.25) is 9.78 Å². The number of halogens is 3. The van der Waals surface area contributed by atoms with Crippen LogP contribution in [-0.2, 0) is 6.18 Å². The third kappa shape index (κ3) is 5.03. The Kier molecular flexibility index (Phi) is 6.14. The summed E-state index contributed by atoms with van der Waals surface area (Å²) in [6, 6.07) is 8.12. The van der Waals surface area contributed by atoms with Crippen molar-refractivity contribution in [1.29, 1.82) is 0 Å². The summed E-state index contributed by atoms with van der Waals surface area (Å²) in [4.78, 5) is 27.0. The zero-order valence-corrected chi connectivity index (χ0v) is 17.5. The molecule has 4 rings (SSSR count). The molecule has 4 heterocycles. The molecule has 1 saturated heterocycles. The smallest absolute Gasteiger partial charge is 0.397 e. The van der Waals surface area contributed by atoms with Crippen molar-refractivity contribution in [2.75, 3.05) is 29.0 Å². The standard InChI is InChI=1S/C22H22F3N7O/c23-22(24,25)19-5-1-4-15(29-19)16-7-6-14(27)20(30-16)21(33)31-17-11-28-9-8-18(17)32-10-2-3-13(26)12-32/h1,4-9,11,13H,2-3,10,12,26-27H2,(H,31,33)/t13-/m0/s1. The first-order valence-corrected chi connectivity index (χ1v) is 10.3. The lowest BCUT2D eigenvalue weighted by molar-refractivity contribution is -0.141. The molecule has 5 N–H and O–H groups in total. The normalized spacial score (nSPS) is 16.5. The van der Waals surface area contributed by atoms with Crippen LogP contribution >= 0.6 is 0 Å². The minimum Gasteiger partial charge on any atom is -0.397 e. The first-order valence-electron chi connectivity index (χ1n) is 10.3. The molecule has 172 valence electrons. The lowest BCUT2D eigenvalue weighted by Gasteiger charge is -2.33. The Morgan fingerprint density at radius 2 is 1.91 bits per heavy atom. The Balaban J connectivity index is 1.62. The molecule has 0 saturated carbocycles. The Morgan fingerprint density at radius 3 is 2.67 bits per heavy atom. The SMILES string of the molecule is Nc1ccc(-c2cccc(C(F)(F)F)n2)nc1C(=O)Nc1cnccc1N1CCC[C@H](N)C1. The molecule has 1 aliphatic heterocycles. The van der Waals surface area contributed by atoms with Crippen molar-refractivity contribution in [1.82, 2.24) is 15.0 Å². The van der Waals surface area contributed by atoms with Crippen molar-refractivity contribution in [2.45, 2.75) is 25.1 Å². The number of anilines is 3. The highest BCUT2D eigenvalue weighted by molar-refractivity contribution is 6.07. The summed E-state index contributed by atoms with van der Waals surface area (Å²) in [5, 5.41) is 2.77. The first kappa shape index (κ1) is 22.5. The van der Waals surface area contributed by atoms with Crippen LogP contribution in [0, 0.1) is 0 Å². The zero-order chi connectivity index (χ0) is 23.6. The molecule has 0 bridgehead atoms. The van der Waals surface area contributed by atoms with Gasteiger partial charge in [0.05, 0.1) is 34.6 Å². The molecule has 1 fully saturated rings. The van der Waals surface area contributed by atoms with Gasteiger partial charge in [0.25, 0.3) is 5.91 Å². The lowest BCUT2D eigenvalue weighted by Crippen LogP contribution is -2.43. The molecule has 3 aromatic rings. The van der Waals surface area contributed by atoms with Crippen LogP contribution in [0.5, 0.6) is 0 Å². The van der Waals surface area contributed by atoms with E-state index in [1.165, 1.54) is 30.5 Å². The highest BCUT2D eigenvalue weighted by atomic mass is 19.4. The van der Waals surface area contributed by atoms with E-state index in [4.69, 9.17) is 11.5 Å². The van der Waals surface area contributed by atoms with Crippen molar-refractivity contribution in [3.05, 3.63) is 60.2 Å². The lowest BCUT2D eigenvalue weighted by atomic mass is 10.1. The molecule has 0 aromatic carbocycles. The van der Waals surface area contributed by atoms with Crippen LogP contribution in [0.4, 0.5) is 30.2 Å². The summed E-state index contributed by atoms with van der Waals surface area (Å²) in [7, 11) is 0. The van der Waals surface area contributed by atoms with Crippen molar-refractivity contribution >= 4 is 23.0 Å². The van der Waals surface area contributed by atoms with Crippen LogP contribution in [0.2, 0.25) is 0 Å². The largest absolute Gasteiger partial charge is 0.433 e. The molecule has 0 radical (unpaired) electrons. The third-order valence-corrected chi connectivity index (χ3v) is 5.29. The summed E-state index contributed by atoms with van der Waals surface area (Å²) < 4.78 is 39.1. The number of alkyl halides is 3. The fourth-order valence-corrected chi connectivity index (χ4v) is 3.70. The van der Waals surface area contributed by atoms with Gasteiger partial charge in [0.15, 0.2) is 5.69 Å². The Bertz CT molecular complexity index is 1170. The number of nitrogens with zero attached hydrogens (tertiary/aromatic N) is 4. The monoisotopic (exact) mass is 457 g/mol. The molecular formula is C22H22F3N7O. The van der Waals surface area contributed by atoms with Crippen molar-refractivity contribution < 1.29 is 18.0 Å². The van der Waals surface area contributed by atoms with E-state index in [0.29, 0.717) is 12.2 Å². The van der Waals surface area contributed by atoms with E-state index in [9.17, 15) is 18.0 Å². The van der Waals surface area contributed by atoms with E-state index >= 15 is 0 Å². The minimum absolute atomic E-state index is 0.0248. The van der Waals surface area contributed by atoms with Gasteiger partial charge in [-0.15, -0.1) is 0 Å². The number of hydrogen-bond donors (Lipinski definition) is 3. The van der Waals surface area contributed by atoms with Gasteiger partial charge in [-0.25, -0.2) is 9.97 Å². The summed E-state index contributed by atoms with van der Waals surface area (Å²) in [6.45, 7) is 1.43. The van der Waals surface area contributed by atoms with Crippen molar-refractivity contribution in [3.8, 4) is 11.4 Å². The Hall–Kier alpha value is -3.73. The van der Waals surface area contributed by atoms with Crippen LogP contribution in [0.3, 0.4) is 0 Å². The van der Waals surface area contributed by atoms with Gasteiger partial charge in [-0.2, -0.15) is 13.2 Å². The van der Waals surface area contributed by atoms with Crippen LogP contribution < -0.4 is 21.7 Å². The summed E-state index contributed by atoms with van der Waals surface area (Å²) in [5.41, 5.74) is 12.2. The molecular weight excluding hydrogens is 435 g/mol. The number of rotatable bonds is 4. The number of carbonyl (C=O) groups is 1. The second-order valence-electron chi connectivity index (χ2n) is 7.74. The molecule has 3 aromatic heterocycles. The number of pyridine rings is 3. The van der Waals surface area contributed by atoms with Crippen LogP contribution in [0.15, 0.2) is 48.8 Å². The molecule has 0 spiro atoms. The maximum Gasteiger partial charge on any atom is 0.433 e. The molecule has 1 amide bonds. The van der Waals surface area contributed by atoms with Crippen LogP contribution in [0.1, 0.15) is 29.0 Å². The van der Waals surface area contributed by atoms with Gasteiger partial charge in [0, 0.05) is 25.3 Å². The Labute approximate surface area is 187 Å². The fourth-order valence-electron chi connectivity index (χ4n) is 3.70. The van der Waals surface area contributed by atoms with Gasteiger partial charge >= 0.3 is 6.18 Å². The highest BCUT2D eigenvalue weighted by Gasteiger charge is 2.32. The average Bonchev–Trinajstić information content (AvgIpc) is 2.79. The number of nitrogens with one attached hydrogen (secondary N) is 1. The zero-order valence-electron chi connectivity index (χ0n) is 17.5. The maximum absolute atomic E-state index is 13.0. The summed E-state index contributed by atoms with van der Waals surface area (Å²) in [6.07, 6.45) is 0.397. The first-order chi connectivity index (χ1) is 15.7. The molecule has 0 unspecified atom stereocenters. The molecule has 8 nitrogen and oxygen atoms in total. The average molecular weight is 457 g/mol. The van der Waals surface area contributed by atoms with Crippen LogP contribution in [-0.4, -0.2) is 40.0 Å². The van der Waals surface area contributed by atoms with E-state index in [1.807, 2.05) is 0 Å². The van der Waals surface area contributed by atoms with Gasteiger partial charge in [0.1, 0.15) is 5.69 Å². The number of carbonyl (C=O) groups excluding carboxylic acids is 1. The second kappa shape index (κ2) is 9.02. The number of piperidine rings is 1. The quantitative estimate of drug-likeness (QED) is 0.549. The van der Waals surface area contributed by atoms with E-state index < -0.39 is 17.8 Å². The maximum atomic E-state index is 13.0. The second-order valence-corrected chi connectivity index (χ2v) is 7.74. The van der Waals surface area contributed by atoms with Gasteiger partial charge in [0.2, 0.25) is 0 Å². The van der Waals surface area contributed by atoms with Gasteiger partial charge in [-0.05, 0) is 43.2 Å². The van der Waals surface area contributed by atoms with Gasteiger partial charge in [-0.1, -0.05) is 6.07 Å². The molecule has 1 aliphatic rings. The molecule has 1 atom stereocenters. The molecule has 0 aliphatic carbocycles. The number of hydrogen-bond acceptors (Lipinski definition) is 7. The fraction of sp³-hybridized carbons (Fsp3) is 0.273. The van der Waals surface area contributed by atoms with E-state index in [-0.39, 0.29) is 28.8 Å². The number of nitrogen functional groups attached to an aromatic ring is 1. The van der Waals surface area contributed by atoms with Crippen LogP contribution in [0.25, 0.3) is 11.4 Å². The highest BCUT2D eigenvalue weighted by Crippen LogP contribution is 2.30. The summed E-state index contributed by atoms with van der Waals surface area (Å²) >= 11 is 0. The topological polar surface area (TPSA) is 123 Å². The Morgan fingerprint density at radius 1 is 1.12 bits per heavy atom. The van der Waals surface area contributed by atoms with Crippen molar-refractivity contribution in [3.63, 3.8) is 0 Å². The minimum atomic E-state index is -4.60. The van der Waals surface area contributed by atoms with E-state index in [2.05, 4.69) is 25.2 Å². The van der Waals surface area contributed by atoms with E-state index in [0.717, 1.165) is 31.1 Å². The summed E-state index contributed by atoms with van der Waals surface area (Å²) in [5.74, 6) is -0.614. The third-order valence-electron chi connectivity index (χ3n) is 5.29. The van der Waals surface area contributed by atoms with Crippen molar-refractivity contribution in [2.24, 2.45) is 5.73 Å². The number of aromatic nitrogens is 3. The number of nitrogens with two attached hydrogens (primary N) is 2. The van der Waals surface area contributed by atoms with E-state index in [1.54, 1.807) is 12.3 Å². The molecule has 33 heavy (non-hydrogen) atoms. The predicted molar refractivity (Wildman–Crippen MR) is 118 cm³/mol. The number of amides is 1. The predicted octanol–water partition coefficient (Wildman–Crippen LogP) is 3.32. The molecule has 11 heteroatoms.